The Labute approximate surface area is 95.6 Å². The molecule has 0 aliphatic carbocycles. The molecule has 2 nitrogen and oxygen atoms in total. The Kier molecular flexibility index (Phi) is 3.40. The van der Waals surface area contributed by atoms with Crippen LogP contribution in [0.3, 0.4) is 0 Å². The van der Waals surface area contributed by atoms with E-state index in [1.807, 2.05) is 20.8 Å². The molecule has 0 saturated carbocycles. The zero-order chi connectivity index (χ0) is 11.6. The zero-order valence-corrected chi connectivity index (χ0v) is 10.3. The third-order valence-electron chi connectivity index (χ3n) is 1.87. The molecule has 0 aromatic heterocycles. The molecular weight excluding hydrogens is 210 g/mol. The van der Waals surface area contributed by atoms with Crippen LogP contribution < -0.4 is 5.32 Å². The van der Waals surface area contributed by atoms with Crippen molar-refractivity contribution in [2.75, 3.05) is 5.32 Å². The minimum atomic E-state index is -0.0884. The van der Waals surface area contributed by atoms with Crippen molar-refractivity contribution in [1.82, 2.24) is 0 Å². The van der Waals surface area contributed by atoms with Gasteiger partial charge in [-0.3, -0.25) is 4.79 Å². The van der Waals surface area contributed by atoms with E-state index in [0.717, 1.165) is 5.69 Å². The summed E-state index contributed by atoms with van der Waals surface area (Å²) in [6.45, 7) is 7.67. The van der Waals surface area contributed by atoms with E-state index in [1.165, 1.54) is 0 Å². The molecule has 82 valence electrons. The Morgan fingerprint density at radius 2 is 1.93 bits per heavy atom. The monoisotopic (exact) mass is 225 g/mol. The van der Waals surface area contributed by atoms with Crippen molar-refractivity contribution in [2.24, 2.45) is 0 Å². The predicted octanol–water partition coefficient (Wildman–Crippen LogP) is 3.75. The van der Waals surface area contributed by atoms with Crippen LogP contribution in [-0.4, -0.2) is 11.3 Å². The van der Waals surface area contributed by atoms with E-state index < -0.39 is 0 Å². The van der Waals surface area contributed by atoms with Gasteiger partial charge >= 0.3 is 0 Å². The van der Waals surface area contributed by atoms with E-state index in [4.69, 9.17) is 11.6 Å². The fraction of sp³-hybridized carbons (Fsp3) is 0.417. The maximum atomic E-state index is 11.4. The molecule has 15 heavy (non-hydrogen) atoms. The molecule has 1 aromatic carbocycles. The van der Waals surface area contributed by atoms with Crippen LogP contribution in [0.15, 0.2) is 18.2 Å². The van der Waals surface area contributed by atoms with Gasteiger partial charge in [-0.05, 0) is 45.9 Å². The highest BCUT2D eigenvalue weighted by Gasteiger charge is 2.14. The molecule has 0 radical (unpaired) electrons. The summed E-state index contributed by atoms with van der Waals surface area (Å²) in [6, 6.07) is 5.26. The van der Waals surface area contributed by atoms with Gasteiger partial charge in [-0.2, -0.15) is 0 Å². The van der Waals surface area contributed by atoms with Gasteiger partial charge in [-0.15, -0.1) is 0 Å². The number of rotatable bonds is 2. The number of Topliss-reactive ketones (excluding diaryl/α,β-unsaturated/α-hetero) is 1. The van der Waals surface area contributed by atoms with Crippen LogP contribution in [0.1, 0.15) is 38.1 Å². The average Bonchev–Trinajstić information content (AvgIpc) is 1.99. The van der Waals surface area contributed by atoms with Crippen LogP contribution in [-0.2, 0) is 0 Å². The summed E-state index contributed by atoms with van der Waals surface area (Å²) in [5.41, 5.74) is 1.38. The van der Waals surface area contributed by atoms with Crippen LogP contribution >= 0.6 is 11.6 Å². The number of ketones is 1. The minimum Gasteiger partial charge on any atom is -0.380 e. The van der Waals surface area contributed by atoms with Gasteiger partial charge in [0.05, 0.1) is 0 Å². The highest BCUT2D eigenvalue weighted by Crippen LogP contribution is 2.24. The molecule has 0 spiro atoms. The second kappa shape index (κ2) is 4.23. The largest absolute Gasteiger partial charge is 0.380 e. The second-order valence-electron chi connectivity index (χ2n) is 4.62. The van der Waals surface area contributed by atoms with E-state index >= 15 is 0 Å². The van der Waals surface area contributed by atoms with E-state index in [0.29, 0.717) is 10.6 Å². The molecule has 0 heterocycles. The standard InChI is InChI=1S/C12H16ClNO/c1-8(15)10-6-5-9(13)7-11(10)14-12(2,3)4/h5-7,14H,1-4H3. The third-order valence-corrected chi connectivity index (χ3v) is 2.11. The Balaban J connectivity index is 3.13. The lowest BCUT2D eigenvalue weighted by molar-refractivity contribution is 0.101. The number of hydrogen-bond acceptors (Lipinski definition) is 2. The molecule has 0 bridgehead atoms. The molecule has 0 amide bonds. The Morgan fingerprint density at radius 3 is 2.40 bits per heavy atom. The quantitative estimate of drug-likeness (QED) is 0.777. The van der Waals surface area contributed by atoms with Crippen molar-refractivity contribution in [3.8, 4) is 0 Å². The number of carbonyl (C=O) groups excluding carboxylic acids is 1. The summed E-state index contributed by atoms with van der Waals surface area (Å²) >= 11 is 5.90. The average molecular weight is 226 g/mol. The number of nitrogens with one attached hydrogen (secondary N) is 1. The zero-order valence-electron chi connectivity index (χ0n) is 9.52. The first-order valence-electron chi connectivity index (χ1n) is 4.88. The Morgan fingerprint density at radius 1 is 1.33 bits per heavy atom. The Hall–Kier alpha value is -1.02. The lowest BCUT2D eigenvalue weighted by Crippen LogP contribution is -2.27. The summed E-state index contributed by atoms with van der Waals surface area (Å²) in [6.07, 6.45) is 0. The van der Waals surface area contributed by atoms with E-state index in [2.05, 4.69) is 5.32 Å². The number of benzene rings is 1. The fourth-order valence-corrected chi connectivity index (χ4v) is 1.50. The summed E-state index contributed by atoms with van der Waals surface area (Å²) in [5.74, 6) is 0.0402. The van der Waals surface area contributed by atoms with Crippen molar-refractivity contribution in [2.45, 2.75) is 33.2 Å². The van der Waals surface area contributed by atoms with E-state index in [-0.39, 0.29) is 11.3 Å². The number of carbonyl (C=O) groups is 1. The smallest absolute Gasteiger partial charge is 0.161 e. The minimum absolute atomic E-state index is 0.0402. The molecule has 3 heteroatoms. The summed E-state index contributed by atoms with van der Waals surface area (Å²) in [4.78, 5) is 11.4. The van der Waals surface area contributed by atoms with Crippen molar-refractivity contribution in [3.05, 3.63) is 28.8 Å². The van der Waals surface area contributed by atoms with E-state index in [1.54, 1.807) is 25.1 Å². The highest BCUT2D eigenvalue weighted by atomic mass is 35.5. The summed E-state index contributed by atoms with van der Waals surface area (Å²) in [5, 5.41) is 3.90. The molecular formula is C12H16ClNO. The molecule has 1 N–H and O–H groups in total. The van der Waals surface area contributed by atoms with Gasteiger partial charge in [0.2, 0.25) is 0 Å². The first-order valence-corrected chi connectivity index (χ1v) is 5.26. The van der Waals surface area contributed by atoms with Gasteiger partial charge in [-0.1, -0.05) is 11.6 Å². The molecule has 1 rings (SSSR count). The molecule has 1 aromatic rings. The van der Waals surface area contributed by atoms with E-state index in [9.17, 15) is 4.79 Å². The van der Waals surface area contributed by atoms with Crippen molar-refractivity contribution < 1.29 is 4.79 Å². The van der Waals surface area contributed by atoms with Gasteiger partial charge in [0.25, 0.3) is 0 Å². The SMILES string of the molecule is CC(=O)c1ccc(Cl)cc1NC(C)(C)C. The van der Waals surface area contributed by atoms with Gasteiger partial charge in [0, 0.05) is 21.8 Å². The molecule has 0 aliphatic rings. The van der Waals surface area contributed by atoms with Gasteiger partial charge in [-0.25, -0.2) is 0 Å². The van der Waals surface area contributed by atoms with Crippen LogP contribution in [0.5, 0.6) is 0 Å². The van der Waals surface area contributed by atoms with Gasteiger partial charge in [0.1, 0.15) is 0 Å². The number of anilines is 1. The maximum absolute atomic E-state index is 11.4. The molecule has 0 unspecified atom stereocenters. The van der Waals surface area contributed by atoms with Crippen LogP contribution in [0.25, 0.3) is 0 Å². The predicted molar refractivity (Wildman–Crippen MR) is 64.8 cm³/mol. The van der Waals surface area contributed by atoms with Crippen molar-refractivity contribution >= 4 is 23.1 Å². The van der Waals surface area contributed by atoms with Crippen LogP contribution in [0, 0.1) is 0 Å². The molecule has 0 atom stereocenters. The topological polar surface area (TPSA) is 29.1 Å². The van der Waals surface area contributed by atoms with Gasteiger partial charge < -0.3 is 5.32 Å². The number of hydrogen-bond donors (Lipinski definition) is 1. The first-order chi connectivity index (χ1) is 6.79. The highest BCUT2D eigenvalue weighted by molar-refractivity contribution is 6.31. The normalized spacial score (nSPS) is 11.3. The molecule has 0 aliphatic heterocycles. The van der Waals surface area contributed by atoms with Crippen LogP contribution in [0.2, 0.25) is 5.02 Å². The molecule has 0 fully saturated rings. The number of halogens is 1. The van der Waals surface area contributed by atoms with Crippen molar-refractivity contribution in [3.63, 3.8) is 0 Å². The Bertz CT molecular complexity index is 380. The summed E-state index contributed by atoms with van der Waals surface area (Å²) in [7, 11) is 0. The van der Waals surface area contributed by atoms with Crippen molar-refractivity contribution in [1.29, 1.82) is 0 Å². The first kappa shape index (κ1) is 12.1. The van der Waals surface area contributed by atoms with Gasteiger partial charge in [0.15, 0.2) is 5.78 Å². The summed E-state index contributed by atoms with van der Waals surface area (Å²) < 4.78 is 0. The lowest BCUT2D eigenvalue weighted by Gasteiger charge is -2.23. The van der Waals surface area contributed by atoms with Crippen LogP contribution in [0.4, 0.5) is 5.69 Å². The fourth-order valence-electron chi connectivity index (χ4n) is 1.33. The lowest BCUT2D eigenvalue weighted by atomic mass is 10.0. The third kappa shape index (κ3) is 3.56. The second-order valence-corrected chi connectivity index (χ2v) is 5.06. The molecule has 0 saturated heterocycles. The maximum Gasteiger partial charge on any atom is 0.161 e.